The maximum absolute atomic E-state index is 12.4. The first-order chi connectivity index (χ1) is 9.81. The van der Waals surface area contributed by atoms with Crippen LogP contribution in [0.2, 0.25) is 0 Å². The van der Waals surface area contributed by atoms with Crippen LogP contribution in [-0.4, -0.2) is 9.66 Å². The molecule has 6 nitrogen and oxygen atoms in total. The van der Waals surface area contributed by atoms with Crippen LogP contribution in [-0.2, 0) is 6.18 Å². The molecule has 0 amide bonds. The molecule has 0 fully saturated rings. The smallest absolute Gasteiger partial charge is 0.290 e. The minimum absolute atomic E-state index is 0.182. The minimum Gasteiger partial charge on any atom is -0.290 e. The molecular weight excluding hydrogens is 289 g/mol. The van der Waals surface area contributed by atoms with E-state index in [1.54, 1.807) is 6.07 Å². The van der Waals surface area contributed by atoms with Crippen molar-refractivity contribution in [1.29, 1.82) is 5.26 Å². The maximum atomic E-state index is 12.4. The van der Waals surface area contributed by atoms with Crippen molar-refractivity contribution in [3.05, 3.63) is 62.4 Å². The largest absolute Gasteiger partial charge is 0.416 e. The molecule has 1 aromatic heterocycles. The van der Waals surface area contributed by atoms with Gasteiger partial charge in [0.05, 0.1) is 17.4 Å². The van der Waals surface area contributed by atoms with E-state index in [9.17, 15) is 22.8 Å². The zero-order valence-electron chi connectivity index (χ0n) is 10.2. The summed E-state index contributed by atoms with van der Waals surface area (Å²) in [5.41, 5.74) is -0.183. The third-order valence-electron chi connectivity index (χ3n) is 2.52. The van der Waals surface area contributed by atoms with E-state index in [1.165, 1.54) is 0 Å². The van der Waals surface area contributed by atoms with Crippen molar-refractivity contribution < 1.29 is 13.2 Å². The van der Waals surface area contributed by atoms with E-state index < -0.39 is 23.0 Å². The SMILES string of the molecule is N#Cc1cn(Nc2ccc(C(F)(F)F)cc2)c(=O)[nH]c1=O. The van der Waals surface area contributed by atoms with Gasteiger partial charge in [-0.05, 0) is 24.3 Å². The fourth-order valence-corrected chi connectivity index (χ4v) is 1.51. The van der Waals surface area contributed by atoms with Crippen molar-refractivity contribution >= 4 is 5.69 Å². The number of hydrogen-bond donors (Lipinski definition) is 2. The van der Waals surface area contributed by atoms with Crippen molar-refractivity contribution in [3.8, 4) is 6.07 Å². The molecule has 0 radical (unpaired) electrons. The Morgan fingerprint density at radius 3 is 2.33 bits per heavy atom. The summed E-state index contributed by atoms with van der Waals surface area (Å²) in [6.07, 6.45) is -3.50. The normalized spacial score (nSPS) is 11.0. The molecule has 0 aliphatic carbocycles. The molecular formula is C12H7F3N4O2. The molecule has 2 N–H and O–H groups in total. The Bertz CT molecular complexity index is 813. The van der Waals surface area contributed by atoms with Gasteiger partial charge < -0.3 is 0 Å². The van der Waals surface area contributed by atoms with E-state index in [0.717, 1.165) is 35.1 Å². The van der Waals surface area contributed by atoms with Crippen LogP contribution in [0.1, 0.15) is 11.1 Å². The van der Waals surface area contributed by atoms with Crippen LogP contribution in [0.25, 0.3) is 0 Å². The molecule has 0 bridgehead atoms. The summed E-state index contributed by atoms with van der Waals surface area (Å²) in [5, 5.41) is 8.69. The fourth-order valence-electron chi connectivity index (χ4n) is 1.51. The third kappa shape index (κ3) is 3.11. The zero-order valence-corrected chi connectivity index (χ0v) is 10.2. The number of aromatic nitrogens is 2. The second kappa shape index (κ2) is 5.16. The lowest BCUT2D eigenvalue weighted by atomic mass is 10.2. The lowest BCUT2D eigenvalue weighted by Gasteiger charge is -2.10. The number of benzene rings is 1. The van der Waals surface area contributed by atoms with Gasteiger partial charge in [0.1, 0.15) is 11.6 Å². The molecule has 2 rings (SSSR count). The van der Waals surface area contributed by atoms with E-state index in [2.05, 4.69) is 5.43 Å². The highest BCUT2D eigenvalue weighted by Crippen LogP contribution is 2.29. The number of halogens is 3. The maximum Gasteiger partial charge on any atom is 0.416 e. The molecule has 0 atom stereocenters. The van der Waals surface area contributed by atoms with Crippen LogP contribution in [0.5, 0.6) is 0 Å². The summed E-state index contributed by atoms with van der Waals surface area (Å²) >= 11 is 0. The van der Waals surface area contributed by atoms with Crippen molar-refractivity contribution in [2.45, 2.75) is 6.18 Å². The highest BCUT2D eigenvalue weighted by molar-refractivity contribution is 5.45. The minimum atomic E-state index is -4.46. The second-order valence-electron chi connectivity index (χ2n) is 3.97. The molecule has 108 valence electrons. The number of aromatic amines is 1. The molecule has 1 heterocycles. The number of nitrogens with one attached hydrogen (secondary N) is 2. The van der Waals surface area contributed by atoms with E-state index in [0.29, 0.717) is 0 Å². The number of H-pyrrole nitrogens is 1. The zero-order chi connectivity index (χ0) is 15.6. The van der Waals surface area contributed by atoms with Gasteiger partial charge in [-0.3, -0.25) is 15.2 Å². The number of nitriles is 1. The highest BCUT2D eigenvalue weighted by atomic mass is 19.4. The second-order valence-corrected chi connectivity index (χ2v) is 3.97. The molecule has 0 spiro atoms. The Morgan fingerprint density at radius 2 is 1.81 bits per heavy atom. The summed E-state index contributed by atoms with van der Waals surface area (Å²) in [6.45, 7) is 0. The number of hydrogen-bond acceptors (Lipinski definition) is 4. The van der Waals surface area contributed by atoms with Crippen LogP contribution < -0.4 is 16.7 Å². The first-order valence-corrected chi connectivity index (χ1v) is 5.51. The van der Waals surface area contributed by atoms with Gasteiger partial charge in [0, 0.05) is 0 Å². The van der Waals surface area contributed by atoms with Gasteiger partial charge in [-0.1, -0.05) is 0 Å². The van der Waals surface area contributed by atoms with Crippen molar-refractivity contribution in [2.75, 3.05) is 5.43 Å². The van der Waals surface area contributed by atoms with Crippen molar-refractivity contribution in [3.63, 3.8) is 0 Å². The van der Waals surface area contributed by atoms with Gasteiger partial charge in [0.2, 0.25) is 0 Å². The fraction of sp³-hybridized carbons (Fsp3) is 0.0833. The van der Waals surface area contributed by atoms with Gasteiger partial charge in [0.15, 0.2) is 0 Å². The van der Waals surface area contributed by atoms with Crippen LogP contribution >= 0.6 is 0 Å². The molecule has 0 aliphatic heterocycles. The van der Waals surface area contributed by atoms with Crippen molar-refractivity contribution in [1.82, 2.24) is 9.66 Å². The lowest BCUT2D eigenvalue weighted by Crippen LogP contribution is -2.34. The lowest BCUT2D eigenvalue weighted by molar-refractivity contribution is -0.137. The topological polar surface area (TPSA) is 90.7 Å². The Kier molecular flexibility index (Phi) is 3.54. The molecule has 0 aliphatic rings. The predicted molar refractivity (Wildman–Crippen MR) is 66.5 cm³/mol. The summed E-state index contributed by atoms with van der Waals surface area (Å²) in [5.74, 6) is 0. The van der Waals surface area contributed by atoms with Crippen LogP contribution in [0.3, 0.4) is 0 Å². The van der Waals surface area contributed by atoms with E-state index in [-0.39, 0.29) is 11.3 Å². The van der Waals surface area contributed by atoms with Crippen LogP contribution in [0, 0.1) is 11.3 Å². The number of nitrogens with zero attached hydrogens (tertiary/aromatic N) is 2. The first-order valence-electron chi connectivity index (χ1n) is 5.51. The van der Waals surface area contributed by atoms with Gasteiger partial charge in [-0.2, -0.15) is 18.4 Å². The highest BCUT2D eigenvalue weighted by Gasteiger charge is 2.29. The molecule has 9 heteroatoms. The van der Waals surface area contributed by atoms with E-state index in [1.807, 2.05) is 4.98 Å². The number of rotatable bonds is 2. The monoisotopic (exact) mass is 296 g/mol. The van der Waals surface area contributed by atoms with Gasteiger partial charge in [-0.15, -0.1) is 0 Å². The summed E-state index contributed by atoms with van der Waals surface area (Å²) in [7, 11) is 0. The third-order valence-corrected chi connectivity index (χ3v) is 2.52. The van der Waals surface area contributed by atoms with E-state index in [4.69, 9.17) is 5.26 Å². The summed E-state index contributed by atoms with van der Waals surface area (Å²) in [4.78, 5) is 24.6. The Labute approximate surface area is 115 Å². The molecule has 0 saturated carbocycles. The standard InChI is InChI=1S/C12H7F3N4O2/c13-12(14,15)8-1-3-9(4-2-8)18-19-6-7(5-16)10(20)17-11(19)21/h1-4,6,18H,(H,17,20,21). The van der Waals surface area contributed by atoms with Gasteiger partial charge in [0.25, 0.3) is 5.56 Å². The Morgan fingerprint density at radius 1 is 1.19 bits per heavy atom. The van der Waals surface area contributed by atoms with Crippen molar-refractivity contribution in [2.24, 2.45) is 0 Å². The predicted octanol–water partition coefficient (Wildman–Crippen LogP) is 1.30. The average Bonchev–Trinajstić information content (AvgIpc) is 2.41. The molecule has 0 unspecified atom stereocenters. The quantitative estimate of drug-likeness (QED) is 0.874. The van der Waals surface area contributed by atoms with Crippen LogP contribution in [0.4, 0.5) is 18.9 Å². The Hall–Kier alpha value is -3.02. The van der Waals surface area contributed by atoms with E-state index >= 15 is 0 Å². The number of alkyl halides is 3. The molecule has 0 saturated heterocycles. The van der Waals surface area contributed by atoms with Gasteiger partial charge in [-0.25, -0.2) is 9.47 Å². The first kappa shape index (κ1) is 14.4. The number of anilines is 1. The van der Waals surface area contributed by atoms with Gasteiger partial charge >= 0.3 is 11.9 Å². The Balaban J connectivity index is 2.33. The molecule has 1 aromatic carbocycles. The summed E-state index contributed by atoms with van der Waals surface area (Å²) in [6, 6.07) is 5.50. The summed E-state index contributed by atoms with van der Waals surface area (Å²) < 4.78 is 38.0. The molecule has 2 aromatic rings. The van der Waals surface area contributed by atoms with Crippen LogP contribution in [0.15, 0.2) is 40.1 Å². The molecule has 21 heavy (non-hydrogen) atoms. The average molecular weight is 296 g/mol.